The molecule has 3 heterocycles. The van der Waals surface area contributed by atoms with Crippen LogP contribution in [-0.2, 0) is 103 Å². The van der Waals surface area contributed by atoms with Crippen molar-refractivity contribution in [3.05, 3.63) is 189 Å². The second-order valence-corrected chi connectivity index (χ2v) is 38.9. The van der Waals surface area contributed by atoms with Gasteiger partial charge in [-0.1, -0.05) is 113 Å². The van der Waals surface area contributed by atoms with E-state index in [2.05, 4.69) is 50.1 Å². The maximum atomic E-state index is 13.7. The molecule has 0 radical (unpaired) electrons. The van der Waals surface area contributed by atoms with E-state index in [1.165, 1.54) is 18.2 Å². The highest BCUT2D eigenvalue weighted by atomic mass is 35.5. The lowest BCUT2D eigenvalue weighted by Gasteiger charge is -2.35. The fraction of sp³-hybridized carbons (Fsp3) is 0.506. The van der Waals surface area contributed by atoms with E-state index in [0.717, 1.165) is 50.1 Å². The number of hydrogen-bond acceptors (Lipinski definition) is 21. The molecule has 3 aliphatic heterocycles. The Morgan fingerprint density at radius 3 is 1.08 bits per heavy atom. The smallest absolute Gasteiger partial charge is 0.315 e. The van der Waals surface area contributed by atoms with Gasteiger partial charge >= 0.3 is 6.03 Å². The largest absolute Gasteiger partial charge is 0.379 e. The summed E-state index contributed by atoms with van der Waals surface area (Å²) in [5.74, 6) is -2.53. The van der Waals surface area contributed by atoms with Gasteiger partial charge in [0.05, 0.1) is 93.1 Å². The number of sulfonamides is 3. The predicted octanol–water partition coefficient (Wildman–Crippen LogP) is 10.2. The summed E-state index contributed by atoms with van der Waals surface area (Å²) in [5, 5.41) is 13.9. The molecule has 0 fully saturated rings. The summed E-state index contributed by atoms with van der Waals surface area (Å²) in [6.07, 6.45) is -0.567. The Hall–Kier alpha value is -5.78. The summed E-state index contributed by atoms with van der Waals surface area (Å²) in [7, 11) is -10.4. The average molecular weight is 1870 g/mol. The predicted molar refractivity (Wildman–Crippen MR) is 464 cm³/mol. The van der Waals surface area contributed by atoms with Gasteiger partial charge in [-0.05, 0) is 170 Å². The van der Waals surface area contributed by atoms with Gasteiger partial charge < -0.3 is 64.4 Å². The Kier molecular flexibility index (Phi) is 39.9. The Balaban J connectivity index is 0.0000179. The Bertz CT molecular complexity index is 4500. The van der Waals surface area contributed by atoms with Crippen molar-refractivity contribution in [2.24, 2.45) is 0 Å². The van der Waals surface area contributed by atoms with Crippen LogP contribution in [0.25, 0.3) is 0 Å². The van der Waals surface area contributed by atoms with Crippen LogP contribution in [0.3, 0.4) is 0 Å². The first-order chi connectivity index (χ1) is 56.7. The zero-order valence-electron chi connectivity index (χ0n) is 66.5. The first-order valence-corrected chi connectivity index (χ1v) is 47.3. The number of hydrogen-bond donors (Lipinski definition) is 8. The van der Waals surface area contributed by atoms with E-state index in [0.29, 0.717) is 69.4 Å². The molecule has 0 saturated heterocycles. The maximum Gasteiger partial charge on any atom is 0.315 e. The average Bonchev–Trinajstić information content (AvgIpc) is 0.780. The van der Waals surface area contributed by atoms with Crippen LogP contribution in [0.4, 0.5) is 4.79 Å². The van der Waals surface area contributed by atoms with Gasteiger partial charge in [0.2, 0.25) is 41.9 Å². The highest BCUT2D eigenvalue weighted by Crippen LogP contribution is 2.43. The van der Waals surface area contributed by atoms with Gasteiger partial charge in [-0.25, -0.2) is 44.2 Å². The molecule has 0 spiro atoms. The Morgan fingerprint density at radius 2 is 0.742 bits per heavy atom. The molecule has 9 rings (SSSR count). The highest BCUT2D eigenvalue weighted by molar-refractivity contribution is 7.90. The molecule has 0 bridgehead atoms. The monoisotopic (exact) mass is 1860 g/mol. The number of carbonyl (C=O) groups excluding carboxylic acids is 4. The van der Waals surface area contributed by atoms with Crippen molar-refractivity contribution in [1.82, 2.24) is 50.1 Å². The van der Waals surface area contributed by atoms with Crippen LogP contribution in [0.1, 0.15) is 127 Å². The Labute approximate surface area is 734 Å². The minimum atomic E-state index is -4.50. The minimum absolute atomic E-state index is 0. The number of urea groups is 1. The SMILES string of the molecule is C.CN1Cc2c(Cl)cc(Cl)cc2[C@H](c2cccc(S(=O)(=O)NCCOCCOCCCC(=O)CCC(CCC(=O)NCCOCCOCCNS(=O)(=O)c3cccc([C@@H]4CN(C)Cc5c(Cl)cc(Cl)cc54)c3)(CCC(=O)NCCOCCOCCNS(=O)(=O)c3cccc([C@@H]4CN(C)Cc5c(Cl)cc(Cl)cc54)c3)NC(=O)NCCS(=O)(=O)O)c2)C1. The number of nitrogens with one attached hydrogen (secondary N) is 7. The standard InChI is InChI=1S/C80H104Cl6N10O19S4.CH4/c1-94-49-68(65-43-58(81)46-74(84)71(65)52-94)55-8-4-12-62(40-55)117(104,105)90-23-30-113-34-33-110-27-7-11-61(97)15-18-80(93-79(100)89-26-39-116(101,102)103,19-16-77(98)87-21-28-111-35-37-114-31-24-91-118(106,107)63-13-5-9-56(41-63)69-50-95(2)53-72-66(69)44-59(82)47-75(72)85)20-17-78(99)88-22-29-112-36-38-115-32-25-92-119(108,109)64-14-6-10-57(42-64)70-51-96(3)54-73-67(70)45-60(83)48-76(73)86;/h4-6,8-10,12-14,40-48,68-70,90-92H,7,11,15-39,49-54H2,1-3H3,(H,87,98)(H,88,99)(H2,89,93,100)(H,101,102,103);1H4/t68-,69-,70-;/m0./s1. The van der Waals surface area contributed by atoms with Crippen molar-refractivity contribution in [3.8, 4) is 0 Å². The van der Waals surface area contributed by atoms with Crippen LogP contribution in [0, 0.1) is 0 Å². The van der Waals surface area contributed by atoms with Crippen molar-refractivity contribution >= 4 is 133 Å². The van der Waals surface area contributed by atoms with Crippen LogP contribution in [0.2, 0.25) is 30.1 Å². The number of ketones is 1. The fourth-order valence-corrected chi connectivity index (χ4v) is 19.7. The van der Waals surface area contributed by atoms with Crippen molar-refractivity contribution < 1.29 is 85.8 Å². The second-order valence-electron chi connectivity index (χ2n) is 29.5. The van der Waals surface area contributed by atoms with E-state index >= 15 is 0 Å². The molecule has 3 atom stereocenters. The highest BCUT2D eigenvalue weighted by Gasteiger charge is 2.36. The summed E-state index contributed by atoms with van der Waals surface area (Å²) in [6.45, 7) is 4.22. The number of amides is 4. The molecular formula is C81H108Cl6N10O19S4. The number of ether oxygens (including phenoxy) is 6. The molecule has 3 aliphatic rings. The van der Waals surface area contributed by atoms with Gasteiger partial charge in [-0.15, -0.1) is 0 Å². The van der Waals surface area contributed by atoms with Crippen LogP contribution in [0.5, 0.6) is 0 Å². The fourth-order valence-electron chi connectivity index (χ4n) is 14.5. The van der Waals surface area contributed by atoms with E-state index in [1.807, 2.05) is 57.5 Å². The normalized spacial score (nSPS) is 16.1. The topological polar surface area (TPSA) is 374 Å². The Morgan fingerprint density at radius 1 is 0.417 bits per heavy atom. The first kappa shape index (κ1) is 99.6. The number of likely N-dealkylation sites (N-methyl/N-ethyl adjacent to an activating group) is 3. The van der Waals surface area contributed by atoms with E-state index in [1.54, 1.807) is 54.6 Å². The van der Waals surface area contributed by atoms with Crippen molar-refractivity contribution in [2.75, 3.05) is 165 Å². The lowest BCUT2D eigenvalue weighted by Crippen LogP contribution is -2.54. The molecule has 29 nitrogen and oxygen atoms in total. The van der Waals surface area contributed by atoms with Gasteiger partial charge in [0, 0.05) is 164 Å². The van der Waals surface area contributed by atoms with Crippen molar-refractivity contribution in [1.29, 1.82) is 0 Å². The molecule has 0 aliphatic carbocycles. The lowest BCUT2D eigenvalue weighted by molar-refractivity contribution is -0.121. The molecule has 39 heteroatoms. The molecule has 6 aromatic rings. The summed E-state index contributed by atoms with van der Waals surface area (Å²) in [6, 6.07) is 30.0. The van der Waals surface area contributed by atoms with E-state index in [9.17, 15) is 57.4 Å². The maximum absolute atomic E-state index is 13.7. The van der Waals surface area contributed by atoms with Crippen LogP contribution < -0.4 is 35.4 Å². The van der Waals surface area contributed by atoms with Crippen molar-refractivity contribution in [2.45, 2.75) is 116 Å². The van der Waals surface area contributed by atoms with E-state index in [-0.39, 0.29) is 209 Å². The molecule has 0 unspecified atom stereocenters. The number of nitrogens with zero attached hydrogens (tertiary/aromatic N) is 3. The van der Waals surface area contributed by atoms with Crippen molar-refractivity contribution in [3.63, 3.8) is 0 Å². The molecular weight excluding hydrogens is 1760 g/mol. The molecule has 4 amide bonds. The van der Waals surface area contributed by atoms with Gasteiger partial charge in [-0.3, -0.25) is 18.9 Å². The van der Waals surface area contributed by atoms with E-state index in [4.69, 9.17) is 98.0 Å². The van der Waals surface area contributed by atoms with Gasteiger partial charge in [0.15, 0.2) is 0 Å². The number of benzene rings is 6. The summed E-state index contributed by atoms with van der Waals surface area (Å²) in [5.41, 5.74) is 6.58. The molecule has 662 valence electrons. The number of fused-ring (bicyclic) bond motifs is 3. The molecule has 120 heavy (non-hydrogen) atoms. The molecule has 0 aromatic heterocycles. The first-order valence-electron chi connectivity index (χ1n) is 39.0. The zero-order chi connectivity index (χ0) is 85.9. The van der Waals surface area contributed by atoms with Crippen LogP contribution in [-0.4, -0.2) is 247 Å². The number of carbonyl (C=O) groups is 4. The molecule has 8 N–H and O–H groups in total. The lowest BCUT2D eigenvalue weighted by atomic mass is 9.82. The van der Waals surface area contributed by atoms with Gasteiger partial charge in [-0.2, -0.15) is 8.42 Å². The quantitative estimate of drug-likeness (QED) is 0.0130. The number of Topliss-reactive ketones (excluding diaryl/α,β-unsaturated/α-hetero) is 1. The third kappa shape index (κ3) is 31.4. The number of rotatable bonds is 50. The third-order valence-electron chi connectivity index (χ3n) is 20.4. The summed E-state index contributed by atoms with van der Waals surface area (Å²) >= 11 is 38.9. The van der Waals surface area contributed by atoms with Crippen LogP contribution in [0.15, 0.2) is 124 Å². The van der Waals surface area contributed by atoms with Gasteiger partial charge in [0.1, 0.15) is 5.78 Å². The summed E-state index contributed by atoms with van der Waals surface area (Å²) in [4.78, 5) is 61.0. The molecule has 0 saturated carbocycles. The van der Waals surface area contributed by atoms with Crippen LogP contribution >= 0.6 is 69.6 Å². The third-order valence-corrected chi connectivity index (χ3v) is 27.1. The zero-order valence-corrected chi connectivity index (χ0v) is 74.3. The summed E-state index contributed by atoms with van der Waals surface area (Å²) < 4.78 is 155. The molecule has 6 aromatic carbocycles. The number of halogens is 6. The van der Waals surface area contributed by atoms with Gasteiger partial charge in [0.25, 0.3) is 10.1 Å². The minimum Gasteiger partial charge on any atom is -0.379 e. The second kappa shape index (κ2) is 48.1. The van der Waals surface area contributed by atoms with E-state index < -0.39 is 75.9 Å².